The molecular formula is C22H18. The average molecular weight is 282 g/mol. The summed E-state index contributed by atoms with van der Waals surface area (Å²) in [6.45, 7) is 2.25. The van der Waals surface area contributed by atoms with Crippen LogP contribution in [0.1, 0.15) is 16.7 Å². The van der Waals surface area contributed by atoms with Crippen LogP contribution in [0.5, 0.6) is 0 Å². The first kappa shape index (κ1) is 13.1. The molecule has 3 aromatic rings. The molecule has 0 saturated heterocycles. The van der Waals surface area contributed by atoms with Gasteiger partial charge in [-0.3, -0.25) is 0 Å². The van der Waals surface area contributed by atoms with Gasteiger partial charge in [0.2, 0.25) is 0 Å². The molecule has 0 atom stereocenters. The molecule has 0 radical (unpaired) electrons. The molecule has 0 N–H and O–H groups in total. The lowest BCUT2D eigenvalue weighted by Crippen LogP contribution is -1.97. The van der Waals surface area contributed by atoms with Crippen LogP contribution in [0.25, 0.3) is 28.0 Å². The van der Waals surface area contributed by atoms with Crippen LogP contribution < -0.4 is 0 Å². The van der Waals surface area contributed by atoms with Gasteiger partial charge in [-0.1, -0.05) is 78.9 Å². The predicted molar refractivity (Wildman–Crippen MR) is 96.0 cm³/mol. The maximum Gasteiger partial charge on any atom is -0.00298 e. The Hall–Kier alpha value is -2.60. The molecule has 1 aliphatic rings. The third-order valence-electron chi connectivity index (χ3n) is 4.54. The number of hydrogen-bond acceptors (Lipinski definition) is 0. The van der Waals surface area contributed by atoms with Crippen molar-refractivity contribution in [1.29, 1.82) is 0 Å². The monoisotopic (exact) mass is 282 g/mol. The van der Waals surface area contributed by atoms with E-state index in [1.54, 1.807) is 0 Å². The molecule has 0 amide bonds. The van der Waals surface area contributed by atoms with Gasteiger partial charge < -0.3 is 0 Å². The molecule has 0 fully saturated rings. The van der Waals surface area contributed by atoms with Crippen molar-refractivity contribution in [2.24, 2.45) is 0 Å². The highest BCUT2D eigenvalue weighted by molar-refractivity contribution is 6.03. The first-order valence-electron chi connectivity index (χ1n) is 7.79. The summed E-state index contributed by atoms with van der Waals surface area (Å²) in [5.74, 6) is 0. The molecule has 0 nitrogen and oxygen atoms in total. The zero-order chi connectivity index (χ0) is 14.9. The predicted octanol–water partition coefficient (Wildman–Crippen LogP) is 5.94. The number of benzene rings is 3. The Kier molecular flexibility index (Phi) is 3.16. The van der Waals surface area contributed by atoms with Crippen LogP contribution >= 0.6 is 0 Å². The van der Waals surface area contributed by atoms with Crippen LogP contribution in [0.15, 0.2) is 72.8 Å². The Balaban J connectivity index is 2.19. The minimum absolute atomic E-state index is 0.999. The SMILES string of the molecule is Cc1c2c(c(-c3ccccc3)c3ccccc13)C=CC=CC2. The van der Waals surface area contributed by atoms with E-state index in [9.17, 15) is 0 Å². The third-order valence-corrected chi connectivity index (χ3v) is 4.54. The number of rotatable bonds is 1. The summed E-state index contributed by atoms with van der Waals surface area (Å²) >= 11 is 0. The quantitative estimate of drug-likeness (QED) is 0.518. The summed E-state index contributed by atoms with van der Waals surface area (Å²) < 4.78 is 0. The molecule has 0 saturated carbocycles. The third kappa shape index (κ3) is 2.00. The van der Waals surface area contributed by atoms with Crippen molar-refractivity contribution in [3.63, 3.8) is 0 Å². The summed E-state index contributed by atoms with van der Waals surface area (Å²) in [6.07, 6.45) is 9.82. The second-order valence-corrected chi connectivity index (χ2v) is 5.80. The van der Waals surface area contributed by atoms with E-state index in [0.717, 1.165) is 6.42 Å². The van der Waals surface area contributed by atoms with Crippen LogP contribution in [-0.2, 0) is 6.42 Å². The van der Waals surface area contributed by atoms with Crippen molar-refractivity contribution < 1.29 is 0 Å². The molecule has 0 aromatic heterocycles. The highest BCUT2D eigenvalue weighted by Crippen LogP contribution is 2.38. The highest BCUT2D eigenvalue weighted by Gasteiger charge is 2.16. The molecule has 4 rings (SSSR count). The van der Waals surface area contributed by atoms with Gasteiger partial charge in [-0.05, 0) is 51.9 Å². The van der Waals surface area contributed by atoms with Crippen molar-refractivity contribution in [3.8, 4) is 11.1 Å². The average Bonchev–Trinajstić information content (AvgIpc) is 2.82. The number of hydrogen-bond donors (Lipinski definition) is 0. The van der Waals surface area contributed by atoms with E-state index < -0.39 is 0 Å². The fraction of sp³-hybridized carbons (Fsp3) is 0.0909. The summed E-state index contributed by atoms with van der Waals surface area (Å²) in [7, 11) is 0. The lowest BCUT2D eigenvalue weighted by Gasteiger charge is -2.18. The topological polar surface area (TPSA) is 0 Å². The van der Waals surface area contributed by atoms with Gasteiger partial charge in [0.05, 0.1) is 0 Å². The van der Waals surface area contributed by atoms with Crippen LogP contribution in [0.4, 0.5) is 0 Å². The maximum atomic E-state index is 2.26. The van der Waals surface area contributed by atoms with E-state index in [4.69, 9.17) is 0 Å². The zero-order valence-corrected chi connectivity index (χ0v) is 12.7. The lowest BCUT2D eigenvalue weighted by molar-refractivity contribution is 1.23. The fourth-order valence-corrected chi connectivity index (χ4v) is 3.47. The Morgan fingerprint density at radius 3 is 2.32 bits per heavy atom. The second-order valence-electron chi connectivity index (χ2n) is 5.80. The molecule has 0 aliphatic heterocycles. The minimum atomic E-state index is 0.999. The highest BCUT2D eigenvalue weighted by atomic mass is 14.2. The first-order valence-corrected chi connectivity index (χ1v) is 7.79. The Bertz CT molecular complexity index is 896. The van der Waals surface area contributed by atoms with E-state index in [-0.39, 0.29) is 0 Å². The molecule has 22 heavy (non-hydrogen) atoms. The summed E-state index contributed by atoms with van der Waals surface area (Å²) in [4.78, 5) is 0. The summed E-state index contributed by atoms with van der Waals surface area (Å²) in [5, 5.41) is 2.71. The van der Waals surface area contributed by atoms with E-state index in [1.807, 2.05) is 0 Å². The molecular weight excluding hydrogens is 264 g/mol. The van der Waals surface area contributed by atoms with Crippen molar-refractivity contribution >= 4 is 16.8 Å². The number of allylic oxidation sites excluding steroid dienone is 3. The van der Waals surface area contributed by atoms with Gasteiger partial charge in [0, 0.05) is 0 Å². The van der Waals surface area contributed by atoms with Gasteiger partial charge in [-0.15, -0.1) is 0 Å². The van der Waals surface area contributed by atoms with Crippen molar-refractivity contribution in [3.05, 3.63) is 89.5 Å². The smallest absolute Gasteiger partial charge is 0.00298 e. The van der Waals surface area contributed by atoms with Crippen LogP contribution in [0.2, 0.25) is 0 Å². The second kappa shape index (κ2) is 5.31. The summed E-state index contributed by atoms with van der Waals surface area (Å²) in [5.41, 5.74) is 6.87. The minimum Gasteiger partial charge on any atom is -0.0801 e. The van der Waals surface area contributed by atoms with Gasteiger partial charge in [0.15, 0.2) is 0 Å². The first-order chi connectivity index (χ1) is 10.9. The van der Waals surface area contributed by atoms with E-state index in [2.05, 4.69) is 85.8 Å². The van der Waals surface area contributed by atoms with Crippen molar-refractivity contribution in [1.82, 2.24) is 0 Å². The molecule has 1 aliphatic carbocycles. The van der Waals surface area contributed by atoms with Crippen LogP contribution in [0.3, 0.4) is 0 Å². The number of fused-ring (bicyclic) bond motifs is 2. The fourth-order valence-electron chi connectivity index (χ4n) is 3.47. The van der Waals surface area contributed by atoms with Gasteiger partial charge >= 0.3 is 0 Å². The van der Waals surface area contributed by atoms with Crippen molar-refractivity contribution in [2.45, 2.75) is 13.3 Å². The van der Waals surface area contributed by atoms with E-state index in [1.165, 1.54) is 38.6 Å². The van der Waals surface area contributed by atoms with Gasteiger partial charge in [0.25, 0.3) is 0 Å². The van der Waals surface area contributed by atoms with Crippen LogP contribution in [0, 0.1) is 6.92 Å². The van der Waals surface area contributed by atoms with E-state index >= 15 is 0 Å². The Morgan fingerprint density at radius 2 is 1.50 bits per heavy atom. The van der Waals surface area contributed by atoms with E-state index in [0.29, 0.717) is 0 Å². The standard InChI is InChI=1S/C22H18/c1-16-18-12-6-3-7-14-20(18)22(17-10-4-2-5-11-17)21-15-9-8-13-19(16)21/h2-11,13-15H,12H2,1H3. The normalized spacial score (nSPS) is 13.1. The zero-order valence-electron chi connectivity index (χ0n) is 12.7. The Morgan fingerprint density at radius 1 is 0.773 bits per heavy atom. The molecule has 0 heteroatoms. The number of aryl methyl sites for hydroxylation is 1. The van der Waals surface area contributed by atoms with Gasteiger partial charge in [0.1, 0.15) is 0 Å². The lowest BCUT2D eigenvalue weighted by atomic mass is 9.85. The largest absolute Gasteiger partial charge is 0.0801 e. The van der Waals surface area contributed by atoms with Gasteiger partial charge in [-0.25, -0.2) is 0 Å². The molecule has 106 valence electrons. The van der Waals surface area contributed by atoms with Gasteiger partial charge in [-0.2, -0.15) is 0 Å². The molecule has 0 bridgehead atoms. The molecule has 0 heterocycles. The molecule has 0 unspecified atom stereocenters. The van der Waals surface area contributed by atoms with Crippen LogP contribution in [-0.4, -0.2) is 0 Å². The molecule has 0 spiro atoms. The molecule has 3 aromatic carbocycles. The van der Waals surface area contributed by atoms with Crippen molar-refractivity contribution in [2.75, 3.05) is 0 Å². The maximum absolute atomic E-state index is 2.26. The Labute approximate surface area is 131 Å². The summed E-state index contributed by atoms with van der Waals surface area (Å²) in [6, 6.07) is 19.5.